The van der Waals surface area contributed by atoms with Gasteiger partial charge in [-0.3, -0.25) is 4.79 Å². The number of hydrogen-bond donors (Lipinski definition) is 1. The highest BCUT2D eigenvalue weighted by atomic mass is 16.5. The van der Waals surface area contributed by atoms with E-state index in [-0.39, 0.29) is 23.7 Å². The van der Waals surface area contributed by atoms with Gasteiger partial charge in [-0.1, -0.05) is 30.3 Å². The molecule has 17 heavy (non-hydrogen) atoms. The van der Waals surface area contributed by atoms with Crippen LogP contribution in [-0.4, -0.2) is 17.0 Å². The van der Waals surface area contributed by atoms with Crippen LogP contribution in [0.1, 0.15) is 24.8 Å². The van der Waals surface area contributed by atoms with Gasteiger partial charge in [-0.15, -0.1) is 0 Å². The zero-order valence-corrected chi connectivity index (χ0v) is 9.34. The molecule has 1 aliphatic rings. The second-order valence-corrected chi connectivity index (χ2v) is 3.92. The maximum atomic E-state index is 11.4. The molecule has 1 unspecified atom stereocenters. The van der Waals surface area contributed by atoms with Crippen LogP contribution in [0.3, 0.4) is 0 Å². The Balaban J connectivity index is 2.47. The van der Waals surface area contributed by atoms with Crippen LogP contribution in [0.25, 0.3) is 0 Å². The molecule has 0 radical (unpaired) electrons. The van der Waals surface area contributed by atoms with Crippen molar-refractivity contribution in [2.75, 3.05) is 0 Å². The molecule has 0 amide bonds. The van der Waals surface area contributed by atoms with E-state index in [0.29, 0.717) is 0 Å². The molecule has 1 aromatic carbocycles. The summed E-state index contributed by atoms with van der Waals surface area (Å²) in [4.78, 5) is 22.6. The summed E-state index contributed by atoms with van der Waals surface area (Å²) in [6, 6.07) is 9.13. The Morgan fingerprint density at radius 2 is 2.00 bits per heavy atom. The third-order valence-electron chi connectivity index (χ3n) is 2.80. The van der Waals surface area contributed by atoms with Crippen molar-refractivity contribution in [1.29, 1.82) is 0 Å². The summed E-state index contributed by atoms with van der Waals surface area (Å²) >= 11 is 0. The predicted molar refractivity (Wildman–Crippen MR) is 60.2 cm³/mol. The second-order valence-electron chi connectivity index (χ2n) is 3.92. The van der Waals surface area contributed by atoms with Crippen molar-refractivity contribution >= 4 is 11.9 Å². The molecule has 0 aliphatic carbocycles. The number of rotatable bonds is 2. The van der Waals surface area contributed by atoms with Gasteiger partial charge in [-0.2, -0.15) is 0 Å². The average molecular weight is 232 g/mol. The molecule has 1 N–H and O–H groups in total. The molecule has 4 heteroatoms. The highest BCUT2D eigenvalue weighted by molar-refractivity contribution is 5.92. The smallest absolute Gasteiger partial charge is 0.335 e. The van der Waals surface area contributed by atoms with Crippen molar-refractivity contribution in [2.24, 2.45) is 0 Å². The van der Waals surface area contributed by atoms with E-state index in [1.54, 1.807) is 0 Å². The zero-order valence-electron chi connectivity index (χ0n) is 9.34. The Kier molecular flexibility index (Phi) is 2.95. The molecule has 4 nitrogen and oxygen atoms in total. The number of allylic oxidation sites excluding steroid dienone is 1. The van der Waals surface area contributed by atoms with Crippen molar-refractivity contribution in [2.45, 2.75) is 19.3 Å². The fraction of sp³-hybridized carbons (Fsp3) is 0.231. The minimum Gasteiger partial charge on any atom is -0.478 e. The number of carbonyl (C=O) groups is 2. The van der Waals surface area contributed by atoms with Crippen LogP contribution in [-0.2, 0) is 14.3 Å². The van der Waals surface area contributed by atoms with Crippen molar-refractivity contribution in [1.82, 2.24) is 0 Å². The Morgan fingerprint density at radius 3 is 2.59 bits per heavy atom. The van der Waals surface area contributed by atoms with E-state index in [2.05, 4.69) is 0 Å². The van der Waals surface area contributed by atoms with Crippen LogP contribution in [0.4, 0.5) is 0 Å². The van der Waals surface area contributed by atoms with Gasteiger partial charge in [-0.25, -0.2) is 4.79 Å². The Labute approximate surface area is 98.5 Å². The fourth-order valence-corrected chi connectivity index (χ4v) is 2.05. The lowest BCUT2D eigenvalue weighted by Crippen LogP contribution is -2.23. The lowest BCUT2D eigenvalue weighted by molar-refractivity contribution is -0.142. The molecule has 0 saturated carbocycles. The number of esters is 1. The first-order chi connectivity index (χ1) is 8.09. The molecule has 1 aromatic rings. The lowest BCUT2D eigenvalue weighted by Gasteiger charge is -2.24. The van der Waals surface area contributed by atoms with Crippen LogP contribution >= 0.6 is 0 Å². The normalized spacial score (nSPS) is 20.1. The topological polar surface area (TPSA) is 63.6 Å². The monoisotopic (exact) mass is 232 g/mol. The number of ether oxygens (including phenoxy) is 1. The van der Waals surface area contributed by atoms with E-state index >= 15 is 0 Å². The molecule has 0 bridgehead atoms. The maximum absolute atomic E-state index is 11.4. The van der Waals surface area contributed by atoms with Gasteiger partial charge >= 0.3 is 11.9 Å². The number of cyclic esters (lactones) is 1. The predicted octanol–water partition coefficient (Wildman–Crippen LogP) is 2.08. The van der Waals surface area contributed by atoms with Crippen LogP contribution in [0, 0.1) is 0 Å². The first-order valence-corrected chi connectivity index (χ1v) is 5.29. The SMILES string of the molecule is CC1=C(C(=O)O)C(c2ccccc2)CC(=O)O1. The van der Waals surface area contributed by atoms with Crippen molar-refractivity contribution in [3.05, 3.63) is 47.2 Å². The highest BCUT2D eigenvalue weighted by Crippen LogP contribution is 2.34. The van der Waals surface area contributed by atoms with E-state index in [0.717, 1.165) is 5.56 Å². The minimum atomic E-state index is -1.04. The van der Waals surface area contributed by atoms with Crippen molar-refractivity contribution in [3.63, 3.8) is 0 Å². The molecule has 1 aliphatic heterocycles. The average Bonchev–Trinajstić information content (AvgIpc) is 2.28. The van der Waals surface area contributed by atoms with Gasteiger partial charge in [0.1, 0.15) is 5.76 Å². The standard InChI is InChI=1S/C13H12O4/c1-8-12(13(15)16)10(7-11(14)17-8)9-5-3-2-4-6-9/h2-6,10H,7H2,1H3,(H,15,16). The number of carbonyl (C=O) groups excluding carboxylic acids is 1. The molecule has 0 spiro atoms. The summed E-state index contributed by atoms with van der Waals surface area (Å²) in [6.07, 6.45) is 0.0724. The van der Waals surface area contributed by atoms with E-state index in [4.69, 9.17) is 4.74 Å². The van der Waals surface area contributed by atoms with Gasteiger partial charge < -0.3 is 9.84 Å². The van der Waals surface area contributed by atoms with Crippen molar-refractivity contribution in [3.8, 4) is 0 Å². The van der Waals surface area contributed by atoms with Gasteiger partial charge in [0.15, 0.2) is 0 Å². The van der Waals surface area contributed by atoms with Gasteiger partial charge in [0, 0.05) is 5.92 Å². The summed E-state index contributed by atoms with van der Waals surface area (Å²) in [5.74, 6) is -1.66. The Morgan fingerprint density at radius 1 is 1.35 bits per heavy atom. The summed E-state index contributed by atoms with van der Waals surface area (Å²) in [6.45, 7) is 1.51. The van der Waals surface area contributed by atoms with Crippen LogP contribution in [0.15, 0.2) is 41.7 Å². The summed E-state index contributed by atoms with van der Waals surface area (Å²) in [7, 11) is 0. The molecule has 88 valence electrons. The first-order valence-electron chi connectivity index (χ1n) is 5.29. The third-order valence-corrected chi connectivity index (χ3v) is 2.80. The van der Waals surface area contributed by atoms with Gasteiger partial charge in [0.25, 0.3) is 0 Å². The molecular formula is C13H12O4. The molecule has 0 saturated heterocycles. The number of carboxylic acids is 1. The Bertz CT molecular complexity index is 487. The lowest BCUT2D eigenvalue weighted by atomic mass is 9.86. The van der Waals surface area contributed by atoms with E-state index in [1.807, 2.05) is 30.3 Å². The highest BCUT2D eigenvalue weighted by Gasteiger charge is 2.33. The molecule has 1 atom stereocenters. The van der Waals surface area contributed by atoms with Crippen molar-refractivity contribution < 1.29 is 19.4 Å². The van der Waals surface area contributed by atoms with Crippen LogP contribution < -0.4 is 0 Å². The largest absolute Gasteiger partial charge is 0.478 e. The van der Waals surface area contributed by atoms with Crippen LogP contribution in [0.5, 0.6) is 0 Å². The van der Waals surface area contributed by atoms with Gasteiger partial charge in [-0.05, 0) is 12.5 Å². The number of hydrogen-bond acceptors (Lipinski definition) is 3. The van der Waals surface area contributed by atoms with Gasteiger partial charge in [0.05, 0.1) is 12.0 Å². The minimum absolute atomic E-state index is 0.0724. The summed E-state index contributed by atoms with van der Waals surface area (Å²) in [5.41, 5.74) is 0.983. The maximum Gasteiger partial charge on any atom is 0.335 e. The molecular weight excluding hydrogens is 220 g/mol. The molecule has 2 rings (SSSR count). The molecule has 1 heterocycles. The number of carboxylic acid groups (broad SMARTS) is 1. The summed E-state index contributed by atoms with van der Waals surface area (Å²) in [5, 5.41) is 9.18. The van der Waals surface area contributed by atoms with E-state index in [9.17, 15) is 14.7 Å². The van der Waals surface area contributed by atoms with Gasteiger partial charge in [0.2, 0.25) is 0 Å². The molecule has 0 fully saturated rings. The number of aliphatic carboxylic acids is 1. The zero-order chi connectivity index (χ0) is 12.4. The third kappa shape index (κ3) is 2.20. The number of benzene rings is 1. The first kappa shape index (κ1) is 11.4. The van der Waals surface area contributed by atoms with E-state index in [1.165, 1.54) is 6.92 Å². The van der Waals surface area contributed by atoms with Crippen LogP contribution in [0.2, 0.25) is 0 Å². The second kappa shape index (κ2) is 4.41. The fourth-order valence-electron chi connectivity index (χ4n) is 2.05. The Hall–Kier alpha value is -2.10. The quantitative estimate of drug-likeness (QED) is 0.793. The molecule has 0 aromatic heterocycles. The summed E-state index contributed by atoms with van der Waals surface area (Å²) < 4.78 is 4.87. The van der Waals surface area contributed by atoms with E-state index < -0.39 is 11.9 Å².